The number of nitrogens with zero attached hydrogens (tertiary/aromatic N) is 1. The van der Waals surface area contributed by atoms with Crippen LogP contribution in [0.25, 0.3) is 0 Å². The molecule has 0 radical (unpaired) electrons. The van der Waals surface area contributed by atoms with Crippen molar-refractivity contribution in [2.75, 3.05) is 20.1 Å². The van der Waals surface area contributed by atoms with Crippen molar-refractivity contribution in [1.82, 2.24) is 4.90 Å². The second kappa shape index (κ2) is 3.35. The molecule has 1 saturated heterocycles. The van der Waals surface area contributed by atoms with E-state index in [0.29, 0.717) is 5.92 Å². The lowest BCUT2D eigenvalue weighted by molar-refractivity contribution is 0.0309. The van der Waals surface area contributed by atoms with Crippen LogP contribution in [0.4, 0.5) is 0 Å². The van der Waals surface area contributed by atoms with Gasteiger partial charge in [0.1, 0.15) is 0 Å². The molecular formula is C8H17NO. The molecule has 0 aromatic carbocycles. The van der Waals surface area contributed by atoms with E-state index in [1.54, 1.807) is 0 Å². The number of piperidine rings is 1. The summed E-state index contributed by atoms with van der Waals surface area (Å²) in [4.78, 5) is 2.19. The molecule has 0 saturated carbocycles. The number of likely N-dealkylation sites (N-methyl/N-ethyl adjacent to an activating group) is 1. The molecule has 2 nitrogen and oxygen atoms in total. The molecule has 0 aromatic heterocycles. The summed E-state index contributed by atoms with van der Waals surface area (Å²) >= 11 is 0. The molecule has 1 heterocycles. The number of β-amino-alcohol motifs (C(OH)–C–C–N with tert-alkyl or cyclic N) is 1. The first-order valence-electron chi connectivity index (χ1n) is 4.10. The third-order valence-electron chi connectivity index (χ3n) is 2.45. The standard InChI is InChI=1S/C8H17NO/c1-3-7-4-5-9(2)6-8(7)10/h7-8,10H,3-6H2,1-2H3/t7-,8-/m1/s1. The molecule has 1 rings (SSSR count). The van der Waals surface area contributed by atoms with Crippen molar-refractivity contribution in [3.8, 4) is 0 Å². The Morgan fingerprint density at radius 1 is 1.60 bits per heavy atom. The first-order valence-corrected chi connectivity index (χ1v) is 4.10. The highest BCUT2D eigenvalue weighted by Gasteiger charge is 2.23. The van der Waals surface area contributed by atoms with Gasteiger partial charge in [0.2, 0.25) is 0 Å². The fraction of sp³-hybridized carbons (Fsp3) is 1.00. The molecule has 1 aliphatic heterocycles. The highest BCUT2D eigenvalue weighted by atomic mass is 16.3. The van der Waals surface area contributed by atoms with Crippen LogP contribution in [0, 0.1) is 5.92 Å². The molecule has 0 aromatic rings. The van der Waals surface area contributed by atoms with Crippen LogP contribution in [0.3, 0.4) is 0 Å². The first-order chi connectivity index (χ1) is 4.74. The minimum absolute atomic E-state index is 0.0799. The fourth-order valence-electron chi connectivity index (χ4n) is 1.61. The summed E-state index contributed by atoms with van der Waals surface area (Å²) in [6.07, 6.45) is 2.20. The second-order valence-electron chi connectivity index (χ2n) is 3.29. The highest BCUT2D eigenvalue weighted by molar-refractivity contribution is 4.76. The van der Waals surface area contributed by atoms with E-state index >= 15 is 0 Å². The summed E-state index contributed by atoms with van der Waals surface area (Å²) in [5.41, 5.74) is 0. The van der Waals surface area contributed by atoms with Crippen LogP contribution in [0.1, 0.15) is 19.8 Å². The molecule has 0 unspecified atom stereocenters. The zero-order chi connectivity index (χ0) is 7.56. The quantitative estimate of drug-likeness (QED) is 0.584. The van der Waals surface area contributed by atoms with Crippen molar-refractivity contribution < 1.29 is 5.11 Å². The van der Waals surface area contributed by atoms with Crippen LogP contribution in [-0.4, -0.2) is 36.2 Å². The molecule has 2 atom stereocenters. The number of hydrogen-bond donors (Lipinski definition) is 1. The summed E-state index contributed by atoms with van der Waals surface area (Å²) in [6.45, 7) is 4.16. The van der Waals surface area contributed by atoms with Gasteiger partial charge in [0.25, 0.3) is 0 Å². The zero-order valence-corrected chi connectivity index (χ0v) is 6.88. The van der Waals surface area contributed by atoms with Gasteiger partial charge in [0, 0.05) is 6.54 Å². The van der Waals surface area contributed by atoms with E-state index in [2.05, 4.69) is 18.9 Å². The lowest BCUT2D eigenvalue weighted by atomic mass is 9.92. The van der Waals surface area contributed by atoms with E-state index in [4.69, 9.17) is 0 Å². The van der Waals surface area contributed by atoms with Gasteiger partial charge in [-0.1, -0.05) is 13.3 Å². The van der Waals surface area contributed by atoms with Gasteiger partial charge >= 0.3 is 0 Å². The average Bonchev–Trinajstić information content (AvgIpc) is 1.88. The molecule has 2 heteroatoms. The number of rotatable bonds is 1. The van der Waals surface area contributed by atoms with Crippen LogP contribution in [0.15, 0.2) is 0 Å². The largest absolute Gasteiger partial charge is 0.392 e. The Labute approximate surface area is 62.8 Å². The Balaban J connectivity index is 2.36. The monoisotopic (exact) mass is 143 g/mol. The Bertz CT molecular complexity index is 105. The molecule has 0 bridgehead atoms. The average molecular weight is 143 g/mol. The normalized spacial score (nSPS) is 36.3. The van der Waals surface area contributed by atoms with Crippen molar-refractivity contribution in [3.05, 3.63) is 0 Å². The Kier molecular flexibility index (Phi) is 2.69. The maximum absolute atomic E-state index is 9.50. The summed E-state index contributed by atoms with van der Waals surface area (Å²) < 4.78 is 0. The first kappa shape index (κ1) is 8.02. The van der Waals surface area contributed by atoms with Crippen LogP contribution in [-0.2, 0) is 0 Å². The molecule has 10 heavy (non-hydrogen) atoms. The van der Waals surface area contributed by atoms with Gasteiger partial charge < -0.3 is 10.0 Å². The van der Waals surface area contributed by atoms with Crippen LogP contribution in [0.2, 0.25) is 0 Å². The van der Waals surface area contributed by atoms with Crippen LogP contribution in [0.5, 0.6) is 0 Å². The lowest BCUT2D eigenvalue weighted by Crippen LogP contribution is -2.41. The molecule has 0 amide bonds. The van der Waals surface area contributed by atoms with Crippen LogP contribution >= 0.6 is 0 Å². The molecule has 60 valence electrons. The van der Waals surface area contributed by atoms with Gasteiger partial charge in [0.05, 0.1) is 6.10 Å². The van der Waals surface area contributed by atoms with Gasteiger partial charge in [-0.2, -0.15) is 0 Å². The molecule has 1 N–H and O–H groups in total. The van der Waals surface area contributed by atoms with Gasteiger partial charge in [-0.05, 0) is 25.9 Å². The van der Waals surface area contributed by atoms with E-state index in [1.165, 1.54) is 0 Å². The maximum Gasteiger partial charge on any atom is 0.0695 e. The number of likely N-dealkylation sites (tertiary alicyclic amines) is 1. The predicted octanol–water partition coefficient (Wildman–Crippen LogP) is 0.709. The van der Waals surface area contributed by atoms with E-state index in [0.717, 1.165) is 25.9 Å². The maximum atomic E-state index is 9.50. The molecule has 1 aliphatic rings. The highest BCUT2D eigenvalue weighted by Crippen LogP contribution is 2.19. The predicted molar refractivity (Wildman–Crippen MR) is 41.9 cm³/mol. The molecule has 0 aliphatic carbocycles. The zero-order valence-electron chi connectivity index (χ0n) is 6.88. The molecular weight excluding hydrogens is 126 g/mol. The number of aliphatic hydroxyl groups is 1. The Hall–Kier alpha value is -0.0800. The van der Waals surface area contributed by atoms with Crippen molar-refractivity contribution in [1.29, 1.82) is 0 Å². The second-order valence-corrected chi connectivity index (χ2v) is 3.29. The van der Waals surface area contributed by atoms with Gasteiger partial charge in [0.15, 0.2) is 0 Å². The Morgan fingerprint density at radius 3 is 2.80 bits per heavy atom. The van der Waals surface area contributed by atoms with Crippen molar-refractivity contribution in [2.45, 2.75) is 25.9 Å². The third kappa shape index (κ3) is 1.70. The molecule has 0 spiro atoms. The summed E-state index contributed by atoms with van der Waals surface area (Å²) in [5, 5.41) is 9.50. The van der Waals surface area contributed by atoms with Gasteiger partial charge in [-0.3, -0.25) is 0 Å². The van der Waals surface area contributed by atoms with Crippen molar-refractivity contribution in [3.63, 3.8) is 0 Å². The van der Waals surface area contributed by atoms with Gasteiger partial charge in [-0.25, -0.2) is 0 Å². The SMILES string of the molecule is CC[C@@H]1CCN(C)C[C@H]1O. The molecule has 1 fully saturated rings. The van der Waals surface area contributed by atoms with E-state index in [-0.39, 0.29) is 6.10 Å². The van der Waals surface area contributed by atoms with E-state index in [9.17, 15) is 5.11 Å². The van der Waals surface area contributed by atoms with Crippen LogP contribution < -0.4 is 0 Å². The van der Waals surface area contributed by atoms with Gasteiger partial charge in [-0.15, -0.1) is 0 Å². The minimum Gasteiger partial charge on any atom is -0.392 e. The topological polar surface area (TPSA) is 23.5 Å². The van der Waals surface area contributed by atoms with Crippen molar-refractivity contribution >= 4 is 0 Å². The number of aliphatic hydroxyl groups excluding tert-OH is 1. The lowest BCUT2D eigenvalue weighted by Gasteiger charge is -2.32. The van der Waals surface area contributed by atoms with Crippen molar-refractivity contribution in [2.24, 2.45) is 5.92 Å². The minimum atomic E-state index is -0.0799. The number of hydrogen-bond acceptors (Lipinski definition) is 2. The van der Waals surface area contributed by atoms with E-state index < -0.39 is 0 Å². The summed E-state index contributed by atoms with van der Waals surface area (Å²) in [6, 6.07) is 0. The smallest absolute Gasteiger partial charge is 0.0695 e. The third-order valence-corrected chi connectivity index (χ3v) is 2.45. The Morgan fingerprint density at radius 2 is 2.30 bits per heavy atom. The summed E-state index contributed by atoms with van der Waals surface area (Å²) in [5.74, 6) is 0.552. The van der Waals surface area contributed by atoms with E-state index in [1.807, 2.05) is 0 Å². The fourth-order valence-corrected chi connectivity index (χ4v) is 1.61. The summed E-state index contributed by atoms with van der Waals surface area (Å²) in [7, 11) is 2.06.